The number of nitrogens with one attached hydrogen (secondary N) is 1. The van der Waals surface area contributed by atoms with Gasteiger partial charge in [0.2, 0.25) is 0 Å². The van der Waals surface area contributed by atoms with Gasteiger partial charge in [-0.1, -0.05) is 6.07 Å². The van der Waals surface area contributed by atoms with E-state index in [2.05, 4.69) is 25.2 Å². The average Bonchev–Trinajstić information content (AvgIpc) is 2.39. The third-order valence-corrected chi connectivity index (χ3v) is 3.21. The van der Waals surface area contributed by atoms with Crippen LogP contribution in [0.5, 0.6) is 5.75 Å². The maximum absolute atomic E-state index is 8.85. The Kier molecular flexibility index (Phi) is 6.34. The lowest BCUT2D eigenvalue weighted by atomic mass is 10.0. The average molecular weight is 261 g/mol. The summed E-state index contributed by atoms with van der Waals surface area (Å²) in [4.78, 5) is 0. The van der Waals surface area contributed by atoms with E-state index in [0.29, 0.717) is 19.0 Å². The first-order valence-corrected chi connectivity index (χ1v) is 6.62. The number of hydrogen-bond acceptors (Lipinski definition) is 4. The Morgan fingerprint density at radius 2 is 2.16 bits per heavy atom. The van der Waals surface area contributed by atoms with Crippen molar-refractivity contribution in [2.24, 2.45) is 5.73 Å². The highest BCUT2D eigenvalue weighted by molar-refractivity contribution is 5.39. The Morgan fingerprint density at radius 3 is 2.74 bits per heavy atom. The molecule has 19 heavy (non-hydrogen) atoms. The molecule has 0 aliphatic rings. The molecule has 0 amide bonds. The highest BCUT2D eigenvalue weighted by atomic mass is 16.5. The molecule has 3 N–H and O–H groups in total. The van der Waals surface area contributed by atoms with E-state index in [1.165, 1.54) is 0 Å². The lowest BCUT2D eigenvalue weighted by molar-refractivity contribution is 0.409. The molecule has 2 unspecified atom stereocenters. The number of methoxy groups -OCH3 is 1. The summed E-state index contributed by atoms with van der Waals surface area (Å²) in [6.45, 7) is 4.93. The highest BCUT2D eigenvalue weighted by Gasteiger charge is 2.11. The van der Waals surface area contributed by atoms with Gasteiger partial charge in [-0.3, -0.25) is 0 Å². The monoisotopic (exact) mass is 261 g/mol. The quantitative estimate of drug-likeness (QED) is 0.789. The van der Waals surface area contributed by atoms with Gasteiger partial charge >= 0.3 is 0 Å². The molecule has 0 radical (unpaired) electrons. The fraction of sp³-hybridized carbons (Fsp3) is 0.533. The van der Waals surface area contributed by atoms with Gasteiger partial charge in [0.15, 0.2) is 0 Å². The van der Waals surface area contributed by atoms with Crippen molar-refractivity contribution in [1.29, 1.82) is 5.26 Å². The van der Waals surface area contributed by atoms with Gasteiger partial charge in [-0.25, -0.2) is 0 Å². The van der Waals surface area contributed by atoms with Gasteiger partial charge in [0.25, 0.3) is 0 Å². The molecule has 0 heterocycles. The van der Waals surface area contributed by atoms with Gasteiger partial charge in [0.05, 0.1) is 19.6 Å². The first kappa shape index (κ1) is 15.5. The number of benzene rings is 1. The molecule has 104 valence electrons. The molecule has 0 aliphatic carbocycles. The molecule has 0 fully saturated rings. The van der Waals surface area contributed by atoms with Gasteiger partial charge < -0.3 is 15.8 Å². The fourth-order valence-corrected chi connectivity index (χ4v) is 2.15. The number of nitrogens with two attached hydrogens (primary N) is 1. The molecule has 0 aromatic heterocycles. The number of nitrogens with zero attached hydrogens (tertiary/aromatic N) is 1. The number of rotatable bonds is 7. The molecular weight excluding hydrogens is 238 g/mol. The Morgan fingerprint density at radius 1 is 1.42 bits per heavy atom. The predicted molar refractivity (Wildman–Crippen MR) is 77.0 cm³/mol. The topological polar surface area (TPSA) is 71.1 Å². The van der Waals surface area contributed by atoms with E-state index >= 15 is 0 Å². The molecule has 0 saturated heterocycles. The van der Waals surface area contributed by atoms with Gasteiger partial charge in [-0.15, -0.1) is 0 Å². The third-order valence-electron chi connectivity index (χ3n) is 3.21. The Hall–Kier alpha value is -1.57. The zero-order chi connectivity index (χ0) is 14.3. The van der Waals surface area contributed by atoms with Crippen LogP contribution in [-0.4, -0.2) is 19.7 Å². The normalized spacial score (nSPS) is 13.6. The summed E-state index contributed by atoms with van der Waals surface area (Å²) in [5, 5.41) is 12.3. The summed E-state index contributed by atoms with van der Waals surface area (Å²) in [5.74, 6) is 0.771. The predicted octanol–water partition coefficient (Wildman–Crippen LogP) is 2.15. The lowest BCUT2D eigenvalue weighted by Gasteiger charge is -2.21. The fourth-order valence-electron chi connectivity index (χ4n) is 2.15. The van der Waals surface area contributed by atoms with Crippen LogP contribution in [0.3, 0.4) is 0 Å². The minimum absolute atomic E-state index is 0.227. The highest BCUT2D eigenvalue weighted by Crippen LogP contribution is 2.24. The van der Waals surface area contributed by atoms with E-state index in [4.69, 9.17) is 15.7 Å². The molecule has 0 saturated carbocycles. The van der Waals surface area contributed by atoms with Crippen LogP contribution in [0.4, 0.5) is 0 Å². The van der Waals surface area contributed by atoms with Crippen molar-refractivity contribution in [3.05, 3.63) is 29.3 Å². The molecule has 1 aromatic rings. The smallest absolute Gasteiger partial charge is 0.123 e. The molecule has 2 atom stereocenters. The van der Waals surface area contributed by atoms with E-state index in [1.807, 2.05) is 18.2 Å². The standard InChI is InChI=1S/C15H23N3O/c1-11(6-8-16)18-12(2)13-4-5-15(19-3)14(10-13)7-9-17/h4-5,10-12,18H,6-8,16H2,1-3H3. The van der Waals surface area contributed by atoms with Gasteiger partial charge in [0, 0.05) is 17.6 Å². The zero-order valence-corrected chi connectivity index (χ0v) is 11.9. The molecule has 0 spiro atoms. The van der Waals surface area contributed by atoms with Crippen LogP contribution in [0.1, 0.15) is 37.4 Å². The molecule has 4 heteroatoms. The van der Waals surface area contributed by atoms with E-state index in [1.54, 1.807) is 7.11 Å². The Balaban J connectivity index is 2.83. The molecule has 4 nitrogen and oxygen atoms in total. The van der Waals surface area contributed by atoms with Gasteiger partial charge in [-0.2, -0.15) is 5.26 Å². The van der Waals surface area contributed by atoms with Crippen molar-refractivity contribution in [2.75, 3.05) is 13.7 Å². The summed E-state index contributed by atoms with van der Waals surface area (Å²) in [6.07, 6.45) is 1.31. The molecular formula is C15H23N3O. The maximum Gasteiger partial charge on any atom is 0.123 e. The summed E-state index contributed by atoms with van der Waals surface area (Å²) in [7, 11) is 1.63. The van der Waals surface area contributed by atoms with Crippen LogP contribution in [0.25, 0.3) is 0 Å². The van der Waals surface area contributed by atoms with E-state index in [-0.39, 0.29) is 6.04 Å². The second-order valence-electron chi connectivity index (χ2n) is 4.77. The zero-order valence-electron chi connectivity index (χ0n) is 11.9. The van der Waals surface area contributed by atoms with E-state index in [9.17, 15) is 0 Å². The first-order chi connectivity index (χ1) is 9.12. The van der Waals surface area contributed by atoms with Crippen LogP contribution in [0.2, 0.25) is 0 Å². The van der Waals surface area contributed by atoms with Crippen molar-refractivity contribution in [3.8, 4) is 11.8 Å². The lowest BCUT2D eigenvalue weighted by Crippen LogP contribution is -2.30. The summed E-state index contributed by atoms with van der Waals surface area (Å²) < 4.78 is 5.26. The Bertz CT molecular complexity index is 440. The second-order valence-corrected chi connectivity index (χ2v) is 4.77. The van der Waals surface area contributed by atoms with Crippen molar-refractivity contribution in [1.82, 2.24) is 5.32 Å². The van der Waals surface area contributed by atoms with Crippen molar-refractivity contribution >= 4 is 0 Å². The first-order valence-electron chi connectivity index (χ1n) is 6.62. The molecule has 0 bridgehead atoms. The number of hydrogen-bond donors (Lipinski definition) is 2. The van der Waals surface area contributed by atoms with E-state index < -0.39 is 0 Å². The third kappa shape index (κ3) is 4.55. The molecule has 1 rings (SSSR count). The number of ether oxygens (including phenoxy) is 1. The minimum atomic E-state index is 0.227. The molecule has 0 aliphatic heterocycles. The van der Waals surface area contributed by atoms with Gasteiger partial charge in [0.1, 0.15) is 5.75 Å². The number of nitriles is 1. The summed E-state index contributed by atoms with van der Waals surface area (Å²) in [5.41, 5.74) is 7.65. The van der Waals surface area contributed by atoms with Crippen LogP contribution in [-0.2, 0) is 6.42 Å². The largest absolute Gasteiger partial charge is 0.496 e. The van der Waals surface area contributed by atoms with E-state index in [0.717, 1.165) is 23.3 Å². The van der Waals surface area contributed by atoms with Gasteiger partial charge in [-0.05, 0) is 44.5 Å². The van der Waals surface area contributed by atoms with Crippen LogP contribution >= 0.6 is 0 Å². The van der Waals surface area contributed by atoms with Crippen LogP contribution < -0.4 is 15.8 Å². The second kappa shape index (κ2) is 7.78. The van der Waals surface area contributed by atoms with Crippen molar-refractivity contribution in [2.45, 2.75) is 38.8 Å². The van der Waals surface area contributed by atoms with Crippen LogP contribution in [0, 0.1) is 11.3 Å². The minimum Gasteiger partial charge on any atom is -0.496 e. The SMILES string of the molecule is COc1ccc(C(C)NC(C)CCN)cc1CC#N. The maximum atomic E-state index is 8.85. The molecule has 1 aromatic carbocycles. The van der Waals surface area contributed by atoms with Crippen molar-refractivity contribution < 1.29 is 4.74 Å². The summed E-state index contributed by atoms with van der Waals surface area (Å²) >= 11 is 0. The summed E-state index contributed by atoms with van der Waals surface area (Å²) in [6, 6.07) is 8.77. The Labute approximate surface area is 115 Å². The van der Waals surface area contributed by atoms with Crippen molar-refractivity contribution in [3.63, 3.8) is 0 Å². The van der Waals surface area contributed by atoms with Crippen LogP contribution in [0.15, 0.2) is 18.2 Å².